The summed E-state index contributed by atoms with van der Waals surface area (Å²) in [7, 11) is 0. The van der Waals surface area contributed by atoms with Crippen LogP contribution in [0.2, 0.25) is 0 Å². The average molecular weight is 366 g/mol. The maximum Gasteiger partial charge on any atom is 0.192 e. The van der Waals surface area contributed by atoms with Gasteiger partial charge in [-0.15, -0.1) is 10.2 Å². The van der Waals surface area contributed by atoms with Crippen molar-refractivity contribution in [2.75, 3.05) is 0 Å². The Hall–Kier alpha value is -2.65. The quantitative estimate of drug-likeness (QED) is 0.557. The first-order chi connectivity index (χ1) is 12.7. The second-order valence-electron chi connectivity index (χ2n) is 6.01. The van der Waals surface area contributed by atoms with Crippen LogP contribution in [0, 0.1) is 17.1 Å². The highest BCUT2D eigenvalue weighted by molar-refractivity contribution is 7.99. The Balaban J connectivity index is 1.93. The summed E-state index contributed by atoms with van der Waals surface area (Å²) in [6.07, 6.45) is 1.32. The Labute approximate surface area is 156 Å². The van der Waals surface area contributed by atoms with E-state index < -0.39 is 0 Å². The molecule has 0 bridgehead atoms. The molecule has 1 atom stereocenters. The van der Waals surface area contributed by atoms with Gasteiger partial charge in [0.1, 0.15) is 5.82 Å². The molecule has 0 saturated carbocycles. The van der Waals surface area contributed by atoms with E-state index >= 15 is 0 Å². The van der Waals surface area contributed by atoms with Crippen molar-refractivity contribution in [3.63, 3.8) is 0 Å². The molecule has 0 radical (unpaired) electrons. The zero-order chi connectivity index (χ0) is 18.4. The van der Waals surface area contributed by atoms with Crippen molar-refractivity contribution < 1.29 is 4.39 Å². The third-order valence-corrected chi connectivity index (χ3v) is 5.12. The monoisotopic (exact) mass is 366 g/mol. The van der Waals surface area contributed by atoms with Crippen LogP contribution in [0.1, 0.15) is 25.3 Å². The fraction of sp³-hybridized carbons (Fsp3) is 0.250. The first kappa shape index (κ1) is 18.2. The van der Waals surface area contributed by atoms with Gasteiger partial charge < -0.3 is 0 Å². The van der Waals surface area contributed by atoms with E-state index in [1.54, 1.807) is 23.9 Å². The van der Waals surface area contributed by atoms with Crippen LogP contribution in [0.3, 0.4) is 0 Å². The van der Waals surface area contributed by atoms with Crippen LogP contribution in [0.4, 0.5) is 4.39 Å². The molecule has 1 heterocycles. The fourth-order valence-electron chi connectivity index (χ4n) is 2.60. The second-order valence-corrected chi connectivity index (χ2v) is 7.42. The van der Waals surface area contributed by atoms with E-state index in [2.05, 4.69) is 39.9 Å². The van der Waals surface area contributed by atoms with Crippen LogP contribution in [0.15, 0.2) is 59.8 Å². The molecule has 0 aliphatic rings. The van der Waals surface area contributed by atoms with Gasteiger partial charge in [-0.05, 0) is 36.2 Å². The molecule has 1 aromatic heterocycles. The number of nitrogens with zero attached hydrogens (tertiary/aromatic N) is 4. The molecule has 6 heteroatoms. The Kier molecular flexibility index (Phi) is 6.03. The van der Waals surface area contributed by atoms with Gasteiger partial charge in [0.05, 0.1) is 12.6 Å². The van der Waals surface area contributed by atoms with Crippen LogP contribution in [0.25, 0.3) is 11.4 Å². The van der Waals surface area contributed by atoms with Crippen LogP contribution in [-0.2, 0) is 6.54 Å². The van der Waals surface area contributed by atoms with Gasteiger partial charge in [0.2, 0.25) is 0 Å². The molecule has 26 heavy (non-hydrogen) atoms. The lowest BCUT2D eigenvalue weighted by Crippen LogP contribution is -2.06. The second kappa shape index (κ2) is 8.63. The molecule has 0 amide bonds. The lowest BCUT2D eigenvalue weighted by Gasteiger charge is -2.13. The molecule has 0 spiro atoms. The average Bonchev–Trinajstić information content (AvgIpc) is 3.04. The molecule has 0 fully saturated rings. The van der Waals surface area contributed by atoms with Crippen molar-refractivity contribution in [1.29, 1.82) is 5.26 Å². The molecule has 3 aromatic rings. The molecule has 0 aliphatic heterocycles. The number of hydrogen-bond donors (Lipinski definition) is 0. The summed E-state index contributed by atoms with van der Waals surface area (Å²) in [6, 6.07) is 18.6. The van der Waals surface area contributed by atoms with Crippen LogP contribution >= 0.6 is 11.8 Å². The van der Waals surface area contributed by atoms with Gasteiger partial charge in [0.15, 0.2) is 11.0 Å². The van der Waals surface area contributed by atoms with E-state index in [-0.39, 0.29) is 11.1 Å². The molecule has 0 aliphatic carbocycles. The topological polar surface area (TPSA) is 54.5 Å². The molecule has 132 valence electrons. The molecule has 2 aromatic carbocycles. The number of rotatable bonds is 7. The number of benzene rings is 2. The molecule has 0 unspecified atom stereocenters. The molecule has 0 N–H and O–H groups in total. The number of nitriles is 1. The van der Waals surface area contributed by atoms with Gasteiger partial charge in [-0.1, -0.05) is 49.0 Å². The normalized spacial score (nSPS) is 11.9. The minimum Gasteiger partial charge on any atom is -0.298 e. The Morgan fingerprint density at radius 2 is 1.85 bits per heavy atom. The third-order valence-electron chi connectivity index (χ3n) is 3.97. The summed E-state index contributed by atoms with van der Waals surface area (Å²) in [6.45, 7) is 2.72. The number of halogens is 1. The van der Waals surface area contributed by atoms with Crippen molar-refractivity contribution in [1.82, 2.24) is 14.8 Å². The Morgan fingerprint density at radius 3 is 2.54 bits per heavy atom. The summed E-state index contributed by atoms with van der Waals surface area (Å²) >= 11 is 1.61. The molecular formula is C20H19FN4S. The standard InChI is InChI=1S/C20H19FN4S/c1-15(6-5-13-22)26-20-24-23-19(17-9-11-18(21)12-10-17)25(20)14-16-7-3-2-4-8-16/h2-4,7-12,15H,5-6,14H2,1H3/t15-/m1/s1. The number of hydrogen-bond acceptors (Lipinski definition) is 4. The summed E-state index contributed by atoms with van der Waals surface area (Å²) < 4.78 is 15.3. The van der Waals surface area contributed by atoms with E-state index in [0.29, 0.717) is 18.8 Å². The summed E-state index contributed by atoms with van der Waals surface area (Å²) in [4.78, 5) is 0. The zero-order valence-electron chi connectivity index (χ0n) is 14.5. The van der Waals surface area contributed by atoms with Gasteiger partial charge in [0.25, 0.3) is 0 Å². The van der Waals surface area contributed by atoms with Gasteiger partial charge in [-0.25, -0.2) is 4.39 Å². The molecule has 4 nitrogen and oxygen atoms in total. The lowest BCUT2D eigenvalue weighted by molar-refractivity contribution is 0.628. The number of aromatic nitrogens is 3. The largest absolute Gasteiger partial charge is 0.298 e. The molecular weight excluding hydrogens is 347 g/mol. The van der Waals surface area contributed by atoms with Crippen LogP contribution in [0.5, 0.6) is 0 Å². The summed E-state index contributed by atoms with van der Waals surface area (Å²) in [5.41, 5.74) is 1.97. The van der Waals surface area contributed by atoms with Gasteiger partial charge in [-0.2, -0.15) is 5.26 Å². The van der Waals surface area contributed by atoms with Crippen LogP contribution < -0.4 is 0 Å². The Bertz CT molecular complexity index is 884. The van der Waals surface area contributed by atoms with Gasteiger partial charge in [-0.3, -0.25) is 4.57 Å². The minimum atomic E-state index is -0.275. The SMILES string of the molecule is C[C@H](CCC#N)Sc1nnc(-c2ccc(F)cc2)n1Cc1ccccc1. The minimum absolute atomic E-state index is 0.259. The highest BCUT2D eigenvalue weighted by Crippen LogP contribution is 2.29. The smallest absolute Gasteiger partial charge is 0.192 e. The van der Waals surface area contributed by atoms with E-state index in [0.717, 1.165) is 22.7 Å². The fourth-order valence-corrected chi connectivity index (χ4v) is 3.57. The van der Waals surface area contributed by atoms with Crippen molar-refractivity contribution in [2.24, 2.45) is 0 Å². The van der Waals surface area contributed by atoms with Crippen molar-refractivity contribution in [2.45, 2.75) is 36.7 Å². The zero-order valence-corrected chi connectivity index (χ0v) is 15.3. The first-order valence-corrected chi connectivity index (χ1v) is 9.32. The predicted molar refractivity (Wildman–Crippen MR) is 101 cm³/mol. The highest BCUT2D eigenvalue weighted by atomic mass is 32.2. The van der Waals surface area contributed by atoms with Crippen LogP contribution in [-0.4, -0.2) is 20.0 Å². The summed E-state index contributed by atoms with van der Waals surface area (Å²) in [5.74, 6) is 0.437. The van der Waals surface area contributed by atoms with Gasteiger partial charge >= 0.3 is 0 Å². The molecule has 3 rings (SSSR count). The van der Waals surface area contributed by atoms with E-state index in [4.69, 9.17) is 5.26 Å². The molecule has 0 saturated heterocycles. The van der Waals surface area contributed by atoms with E-state index in [9.17, 15) is 4.39 Å². The maximum atomic E-state index is 13.3. The Morgan fingerprint density at radius 1 is 1.12 bits per heavy atom. The van der Waals surface area contributed by atoms with Crippen molar-refractivity contribution >= 4 is 11.8 Å². The third kappa shape index (κ3) is 4.50. The lowest BCUT2D eigenvalue weighted by atomic mass is 10.2. The number of thioether (sulfide) groups is 1. The van der Waals surface area contributed by atoms with Crippen molar-refractivity contribution in [3.8, 4) is 17.5 Å². The van der Waals surface area contributed by atoms with E-state index in [1.807, 2.05) is 18.2 Å². The summed E-state index contributed by atoms with van der Waals surface area (Å²) in [5, 5.41) is 18.6. The van der Waals surface area contributed by atoms with E-state index in [1.165, 1.54) is 12.1 Å². The van der Waals surface area contributed by atoms with Crippen molar-refractivity contribution in [3.05, 3.63) is 66.0 Å². The predicted octanol–water partition coefficient (Wildman–Crippen LogP) is 4.92. The van der Waals surface area contributed by atoms with Gasteiger partial charge in [0, 0.05) is 17.2 Å². The maximum absolute atomic E-state index is 13.3. The highest BCUT2D eigenvalue weighted by Gasteiger charge is 2.17. The first-order valence-electron chi connectivity index (χ1n) is 8.44.